The summed E-state index contributed by atoms with van der Waals surface area (Å²) in [4.78, 5) is 24.3. The summed E-state index contributed by atoms with van der Waals surface area (Å²) < 4.78 is 13.5. The molecule has 0 unspecified atom stereocenters. The van der Waals surface area contributed by atoms with Gasteiger partial charge in [-0.15, -0.1) is 6.58 Å². The summed E-state index contributed by atoms with van der Waals surface area (Å²) in [6.07, 6.45) is 1.65. The summed E-state index contributed by atoms with van der Waals surface area (Å²) in [5.74, 6) is -0.976. The highest BCUT2D eigenvalue weighted by molar-refractivity contribution is 9.10. The third-order valence-corrected chi connectivity index (χ3v) is 3.81. The van der Waals surface area contributed by atoms with Gasteiger partial charge in [0.25, 0.3) is 5.91 Å². The van der Waals surface area contributed by atoms with E-state index in [4.69, 9.17) is 0 Å². The van der Waals surface area contributed by atoms with Gasteiger partial charge in [-0.3, -0.25) is 9.59 Å². The number of rotatable bonds is 6. The Bertz CT molecular complexity index is 777. The Morgan fingerprint density at radius 1 is 1.21 bits per heavy atom. The number of nitrogens with one attached hydrogen (secondary N) is 2. The minimum absolute atomic E-state index is 0.0709. The van der Waals surface area contributed by atoms with Gasteiger partial charge < -0.3 is 10.6 Å². The molecule has 0 heterocycles. The molecule has 0 spiro atoms. The van der Waals surface area contributed by atoms with Crippen molar-refractivity contribution in [1.29, 1.82) is 0 Å². The second kappa shape index (κ2) is 8.40. The molecule has 0 aliphatic carbocycles. The molecule has 0 bridgehead atoms. The standard InChI is InChI=1S/C18H16BrFN2O2/c1-2-9-21-18(24)13-5-3-4-6-16(13)22-17(23)11-12-7-8-15(20)14(19)10-12/h2-8,10H,1,9,11H2,(H,21,24)(H,22,23). The molecule has 124 valence electrons. The van der Waals surface area contributed by atoms with Crippen LogP contribution in [0.25, 0.3) is 0 Å². The van der Waals surface area contributed by atoms with E-state index >= 15 is 0 Å². The monoisotopic (exact) mass is 390 g/mol. The van der Waals surface area contributed by atoms with E-state index in [9.17, 15) is 14.0 Å². The molecule has 2 N–H and O–H groups in total. The van der Waals surface area contributed by atoms with Gasteiger partial charge >= 0.3 is 0 Å². The molecule has 6 heteroatoms. The van der Waals surface area contributed by atoms with Crippen molar-refractivity contribution in [3.8, 4) is 0 Å². The average molecular weight is 391 g/mol. The van der Waals surface area contributed by atoms with Gasteiger partial charge in [-0.25, -0.2) is 4.39 Å². The molecule has 4 nitrogen and oxygen atoms in total. The number of carbonyl (C=O) groups is 2. The predicted molar refractivity (Wildman–Crippen MR) is 95.4 cm³/mol. The molecule has 0 aromatic heterocycles. The SMILES string of the molecule is C=CCNC(=O)c1ccccc1NC(=O)Cc1ccc(F)c(Br)c1. The van der Waals surface area contributed by atoms with Crippen LogP contribution in [0.15, 0.2) is 59.6 Å². The van der Waals surface area contributed by atoms with Crippen molar-refractivity contribution in [2.24, 2.45) is 0 Å². The Morgan fingerprint density at radius 2 is 1.96 bits per heavy atom. The lowest BCUT2D eigenvalue weighted by Gasteiger charge is -2.11. The Balaban J connectivity index is 2.09. The topological polar surface area (TPSA) is 58.2 Å². The smallest absolute Gasteiger partial charge is 0.253 e. The second-order valence-electron chi connectivity index (χ2n) is 5.02. The van der Waals surface area contributed by atoms with Gasteiger partial charge in [0.2, 0.25) is 5.91 Å². The number of halogens is 2. The fourth-order valence-electron chi connectivity index (χ4n) is 2.08. The molecule has 2 aromatic rings. The Morgan fingerprint density at radius 3 is 2.67 bits per heavy atom. The fourth-order valence-corrected chi connectivity index (χ4v) is 2.51. The van der Waals surface area contributed by atoms with E-state index in [0.29, 0.717) is 27.8 Å². The van der Waals surface area contributed by atoms with Gasteiger partial charge in [0, 0.05) is 6.54 Å². The van der Waals surface area contributed by atoms with Crippen molar-refractivity contribution in [3.05, 3.63) is 76.5 Å². The largest absolute Gasteiger partial charge is 0.349 e. The zero-order valence-corrected chi connectivity index (χ0v) is 14.4. The van der Waals surface area contributed by atoms with Gasteiger partial charge in [-0.1, -0.05) is 24.3 Å². The molecule has 2 aromatic carbocycles. The van der Waals surface area contributed by atoms with Crippen LogP contribution in [-0.4, -0.2) is 18.4 Å². The highest BCUT2D eigenvalue weighted by atomic mass is 79.9. The van der Waals surface area contributed by atoms with Crippen LogP contribution in [0, 0.1) is 5.82 Å². The van der Waals surface area contributed by atoms with Gasteiger partial charge in [0.15, 0.2) is 0 Å². The van der Waals surface area contributed by atoms with Gasteiger partial charge in [-0.2, -0.15) is 0 Å². The van der Waals surface area contributed by atoms with Gasteiger partial charge in [-0.05, 0) is 45.8 Å². The van der Waals surface area contributed by atoms with E-state index in [0.717, 1.165) is 0 Å². The minimum atomic E-state index is -0.386. The zero-order valence-electron chi connectivity index (χ0n) is 12.8. The van der Waals surface area contributed by atoms with E-state index in [1.807, 2.05) is 0 Å². The Labute approximate surface area is 147 Å². The second-order valence-corrected chi connectivity index (χ2v) is 5.87. The van der Waals surface area contributed by atoms with E-state index in [2.05, 4.69) is 33.1 Å². The molecule has 0 aliphatic rings. The van der Waals surface area contributed by atoms with Crippen molar-refractivity contribution in [2.75, 3.05) is 11.9 Å². The van der Waals surface area contributed by atoms with Crippen LogP contribution in [0.4, 0.5) is 10.1 Å². The predicted octanol–water partition coefficient (Wildman–Crippen LogP) is 3.69. The van der Waals surface area contributed by atoms with Gasteiger partial charge in [0.1, 0.15) is 5.82 Å². The highest BCUT2D eigenvalue weighted by Crippen LogP contribution is 2.19. The quantitative estimate of drug-likeness (QED) is 0.739. The molecule has 0 atom stereocenters. The first-order valence-corrected chi connectivity index (χ1v) is 8.02. The van der Waals surface area contributed by atoms with Crippen molar-refractivity contribution < 1.29 is 14.0 Å². The summed E-state index contributed by atoms with van der Waals surface area (Å²) in [7, 11) is 0. The van der Waals surface area contributed by atoms with E-state index in [1.165, 1.54) is 6.07 Å². The third-order valence-electron chi connectivity index (χ3n) is 3.20. The minimum Gasteiger partial charge on any atom is -0.349 e. The van der Waals surface area contributed by atoms with Crippen molar-refractivity contribution in [3.63, 3.8) is 0 Å². The molecule has 0 aliphatic heterocycles. The summed E-state index contributed by atoms with van der Waals surface area (Å²) in [6, 6.07) is 11.1. The number of benzene rings is 2. The number of amides is 2. The lowest BCUT2D eigenvalue weighted by atomic mass is 10.1. The first-order valence-electron chi connectivity index (χ1n) is 7.23. The van der Waals surface area contributed by atoms with Crippen LogP contribution in [0.2, 0.25) is 0 Å². The molecular weight excluding hydrogens is 375 g/mol. The summed E-state index contributed by atoms with van der Waals surface area (Å²) in [5.41, 5.74) is 1.45. The molecule has 2 amide bonds. The number of hydrogen-bond acceptors (Lipinski definition) is 2. The number of carbonyl (C=O) groups excluding carboxylic acids is 2. The lowest BCUT2D eigenvalue weighted by Crippen LogP contribution is -2.25. The first kappa shape index (κ1) is 17.9. The maximum absolute atomic E-state index is 13.2. The molecule has 2 rings (SSSR count). The van der Waals surface area contributed by atoms with Crippen LogP contribution < -0.4 is 10.6 Å². The van der Waals surface area contributed by atoms with Crippen LogP contribution in [0.3, 0.4) is 0 Å². The molecule has 0 radical (unpaired) electrons. The highest BCUT2D eigenvalue weighted by Gasteiger charge is 2.13. The van der Waals surface area contributed by atoms with Crippen LogP contribution >= 0.6 is 15.9 Å². The normalized spacial score (nSPS) is 10.1. The molecule has 24 heavy (non-hydrogen) atoms. The van der Waals surface area contributed by atoms with Crippen molar-refractivity contribution in [1.82, 2.24) is 5.32 Å². The van der Waals surface area contributed by atoms with Crippen LogP contribution in [0.5, 0.6) is 0 Å². The maximum Gasteiger partial charge on any atom is 0.253 e. The zero-order chi connectivity index (χ0) is 17.5. The molecule has 0 saturated heterocycles. The van der Waals surface area contributed by atoms with E-state index in [1.54, 1.807) is 42.5 Å². The third kappa shape index (κ3) is 4.76. The average Bonchev–Trinajstić information content (AvgIpc) is 2.56. The Hall–Kier alpha value is -2.47. The maximum atomic E-state index is 13.2. The first-order chi connectivity index (χ1) is 11.5. The Kier molecular flexibility index (Phi) is 6.26. The van der Waals surface area contributed by atoms with Crippen LogP contribution in [-0.2, 0) is 11.2 Å². The summed E-state index contributed by atoms with van der Waals surface area (Å²) in [6.45, 7) is 3.88. The number of para-hydroxylation sites is 1. The van der Waals surface area contributed by atoms with E-state index < -0.39 is 0 Å². The number of hydrogen-bond donors (Lipinski definition) is 2. The lowest BCUT2D eigenvalue weighted by molar-refractivity contribution is -0.115. The molecular formula is C18H16BrFN2O2. The fraction of sp³-hybridized carbons (Fsp3) is 0.111. The molecule has 0 fully saturated rings. The van der Waals surface area contributed by atoms with Crippen LogP contribution in [0.1, 0.15) is 15.9 Å². The van der Waals surface area contributed by atoms with Crippen molar-refractivity contribution >= 4 is 33.4 Å². The van der Waals surface area contributed by atoms with Gasteiger partial charge in [0.05, 0.1) is 22.1 Å². The summed E-state index contributed by atoms with van der Waals surface area (Å²) in [5, 5.41) is 5.39. The molecule has 0 saturated carbocycles. The van der Waals surface area contributed by atoms with E-state index in [-0.39, 0.29) is 24.1 Å². The number of anilines is 1. The van der Waals surface area contributed by atoms with Crippen molar-refractivity contribution in [2.45, 2.75) is 6.42 Å². The summed E-state index contributed by atoms with van der Waals surface area (Å²) >= 11 is 3.09.